The third-order valence-corrected chi connectivity index (χ3v) is 6.00. The lowest BCUT2D eigenvalue weighted by molar-refractivity contribution is 0.0949. The summed E-state index contributed by atoms with van der Waals surface area (Å²) in [6, 6.07) is 22.4. The third-order valence-electron chi connectivity index (χ3n) is 6.00. The van der Waals surface area contributed by atoms with E-state index in [1.807, 2.05) is 54.1 Å². The number of carbonyl (C=O) groups excluding carboxylic acids is 1. The molecule has 1 unspecified atom stereocenters. The number of benzene rings is 2. The number of pyridine rings is 1. The van der Waals surface area contributed by atoms with Crippen LogP contribution in [-0.4, -0.2) is 40.1 Å². The number of aryl methyl sites for hydroxylation is 1. The number of nitrogens with one attached hydrogen (secondary N) is 2. The van der Waals surface area contributed by atoms with Crippen LogP contribution in [0.1, 0.15) is 27.8 Å². The molecule has 0 spiro atoms. The molecule has 1 aliphatic heterocycles. The van der Waals surface area contributed by atoms with E-state index in [1.165, 1.54) is 5.56 Å². The Morgan fingerprint density at radius 2 is 1.91 bits per heavy atom. The molecule has 1 aliphatic rings. The minimum atomic E-state index is -0.154. The van der Waals surface area contributed by atoms with Gasteiger partial charge in [-0.25, -0.2) is 9.97 Å². The van der Waals surface area contributed by atoms with E-state index in [9.17, 15) is 4.79 Å². The number of hydrogen-bond donors (Lipinski definition) is 2. The molecule has 4 aromatic rings. The standard InChI is InChI=1S/C25H26N6O/c1-30-22-10-6-5-9-20(22)29-24(30)16-28-25(32)19-11-12-23(27-15-19)31-14-13-26-21(17-31)18-7-3-2-4-8-18/h2-12,15,21,26H,13-14,16-17H2,1H3,(H,28,32). The molecule has 3 heterocycles. The van der Waals surface area contributed by atoms with Gasteiger partial charge in [-0.3, -0.25) is 4.79 Å². The van der Waals surface area contributed by atoms with E-state index < -0.39 is 0 Å². The zero-order valence-electron chi connectivity index (χ0n) is 18.0. The minimum absolute atomic E-state index is 0.154. The normalized spacial score (nSPS) is 16.3. The highest BCUT2D eigenvalue weighted by atomic mass is 16.1. The summed E-state index contributed by atoms with van der Waals surface area (Å²) in [4.78, 5) is 24.1. The highest BCUT2D eigenvalue weighted by Gasteiger charge is 2.21. The average Bonchev–Trinajstić information content (AvgIpc) is 3.19. The number of carbonyl (C=O) groups is 1. The van der Waals surface area contributed by atoms with E-state index in [0.717, 1.165) is 42.3 Å². The van der Waals surface area contributed by atoms with Crippen molar-refractivity contribution in [3.05, 3.63) is 89.9 Å². The van der Waals surface area contributed by atoms with E-state index in [4.69, 9.17) is 0 Å². The predicted octanol–water partition coefficient (Wildman–Crippen LogP) is 3.05. The molecule has 2 aromatic carbocycles. The zero-order chi connectivity index (χ0) is 21.9. The summed E-state index contributed by atoms with van der Waals surface area (Å²) in [5.41, 5.74) is 3.79. The van der Waals surface area contributed by atoms with Crippen LogP contribution in [0.25, 0.3) is 11.0 Å². The van der Waals surface area contributed by atoms with Crippen LogP contribution in [0.4, 0.5) is 5.82 Å². The van der Waals surface area contributed by atoms with Gasteiger partial charge in [0.15, 0.2) is 0 Å². The lowest BCUT2D eigenvalue weighted by Crippen LogP contribution is -2.46. The van der Waals surface area contributed by atoms with Gasteiger partial charge in [0.1, 0.15) is 11.6 Å². The Hall–Kier alpha value is -3.71. The number of piperazine rings is 1. The second-order valence-corrected chi connectivity index (χ2v) is 8.03. The quantitative estimate of drug-likeness (QED) is 0.513. The number of para-hydroxylation sites is 2. The molecule has 0 saturated carbocycles. The first-order chi connectivity index (χ1) is 15.7. The van der Waals surface area contributed by atoms with Gasteiger partial charge in [0.2, 0.25) is 0 Å². The zero-order valence-corrected chi connectivity index (χ0v) is 18.0. The first-order valence-corrected chi connectivity index (χ1v) is 10.9. The van der Waals surface area contributed by atoms with Gasteiger partial charge in [0.25, 0.3) is 5.91 Å². The molecule has 0 radical (unpaired) electrons. The molecule has 1 saturated heterocycles. The summed E-state index contributed by atoms with van der Waals surface area (Å²) >= 11 is 0. The number of anilines is 1. The van der Waals surface area contributed by atoms with Gasteiger partial charge < -0.3 is 20.1 Å². The lowest BCUT2D eigenvalue weighted by atomic mass is 10.0. The van der Waals surface area contributed by atoms with Crippen molar-refractivity contribution in [2.75, 3.05) is 24.5 Å². The van der Waals surface area contributed by atoms with Gasteiger partial charge >= 0.3 is 0 Å². The van der Waals surface area contributed by atoms with Crippen LogP contribution in [0.3, 0.4) is 0 Å². The lowest BCUT2D eigenvalue weighted by Gasteiger charge is -2.34. The van der Waals surface area contributed by atoms with E-state index in [0.29, 0.717) is 12.1 Å². The van der Waals surface area contributed by atoms with Crippen LogP contribution in [0.2, 0.25) is 0 Å². The first-order valence-electron chi connectivity index (χ1n) is 10.9. The number of imidazole rings is 1. The van der Waals surface area contributed by atoms with Crippen molar-refractivity contribution in [3.63, 3.8) is 0 Å². The molecule has 0 bridgehead atoms. The third kappa shape index (κ3) is 4.07. The molecular weight excluding hydrogens is 400 g/mol. The van der Waals surface area contributed by atoms with Gasteiger partial charge in [0.05, 0.1) is 23.1 Å². The number of fused-ring (bicyclic) bond motifs is 1. The Morgan fingerprint density at radius 3 is 2.69 bits per heavy atom. The topological polar surface area (TPSA) is 75.1 Å². The average molecular weight is 427 g/mol. The Kier molecular flexibility index (Phi) is 5.56. The highest BCUT2D eigenvalue weighted by Crippen LogP contribution is 2.21. The summed E-state index contributed by atoms with van der Waals surface area (Å²) in [7, 11) is 1.96. The van der Waals surface area contributed by atoms with Crippen LogP contribution in [0.15, 0.2) is 72.9 Å². The summed E-state index contributed by atoms with van der Waals surface area (Å²) in [5, 5.41) is 6.53. The van der Waals surface area contributed by atoms with Crippen LogP contribution < -0.4 is 15.5 Å². The molecule has 7 nitrogen and oxygen atoms in total. The number of hydrogen-bond acceptors (Lipinski definition) is 5. The van der Waals surface area contributed by atoms with Crippen molar-refractivity contribution in [2.24, 2.45) is 7.05 Å². The Balaban J connectivity index is 1.23. The van der Waals surface area contributed by atoms with E-state index in [1.54, 1.807) is 6.20 Å². The SMILES string of the molecule is Cn1c(CNC(=O)c2ccc(N3CCNC(c4ccccc4)C3)nc2)nc2ccccc21. The maximum absolute atomic E-state index is 12.7. The first kappa shape index (κ1) is 20.2. The van der Waals surface area contributed by atoms with Crippen molar-refractivity contribution in [2.45, 2.75) is 12.6 Å². The maximum atomic E-state index is 12.7. The van der Waals surface area contributed by atoms with Crippen LogP contribution >= 0.6 is 0 Å². The Labute approximate surface area is 187 Å². The minimum Gasteiger partial charge on any atom is -0.353 e. The largest absolute Gasteiger partial charge is 0.353 e. The monoisotopic (exact) mass is 426 g/mol. The van der Waals surface area contributed by atoms with E-state index >= 15 is 0 Å². The van der Waals surface area contributed by atoms with Gasteiger partial charge in [-0.1, -0.05) is 42.5 Å². The molecule has 32 heavy (non-hydrogen) atoms. The highest BCUT2D eigenvalue weighted by molar-refractivity contribution is 5.94. The summed E-state index contributed by atoms with van der Waals surface area (Å²) in [5.74, 6) is 1.55. The van der Waals surface area contributed by atoms with Crippen molar-refractivity contribution in [1.29, 1.82) is 0 Å². The molecule has 2 N–H and O–H groups in total. The van der Waals surface area contributed by atoms with Gasteiger partial charge in [0, 0.05) is 38.9 Å². The Bertz CT molecular complexity index is 1220. The van der Waals surface area contributed by atoms with Gasteiger partial charge in [-0.2, -0.15) is 0 Å². The maximum Gasteiger partial charge on any atom is 0.253 e. The van der Waals surface area contributed by atoms with Crippen molar-refractivity contribution in [3.8, 4) is 0 Å². The predicted molar refractivity (Wildman–Crippen MR) is 126 cm³/mol. The number of aromatic nitrogens is 3. The molecule has 7 heteroatoms. The molecule has 5 rings (SSSR count). The van der Waals surface area contributed by atoms with Gasteiger partial charge in [-0.05, 0) is 29.8 Å². The molecular formula is C25H26N6O. The molecule has 1 amide bonds. The molecule has 2 aromatic heterocycles. The van der Waals surface area contributed by atoms with E-state index in [-0.39, 0.29) is 11.9 Å². The second kappa shape index (κ2) is 8.80. The second-order valence-electron chi connectivity index (χ2n) is 8.03. The fourth-order valence-electron chi connectivity index (χ4n) is 4.19. The molecule has 1 atom stereocenters. The van der Waals surface area contributed by atoms with Crippen LogP contribution in [0.5, 0.6) is 0 Å². The van der Waals surface area contributed by atoms with Crippen molar-refractivity contribution in [1.82, 2.24) is 25.2 Å². The number of amides is 1. The molecule has 162 valence electrons. The summed E-state index contributed by atoms with van der Waals surface area (Å²) < 4.78 is 2.00. The summed E-state index contributed by atoms with van der Waals surface area (Å²) in [6.45, 7) is 2.98. The fourth-order valence-corrected chi connectivity index (χ4v) is 4.19. The molecule has 0 aliphatic carbocycles. The fraction of sp³-hybridized carbons (Fsp3) is 0.240. The van der Waals surface area contributed by atoms with Gasteiger partial charge in [-0.15, -0.1) is 0 Å². The Morgan fingerprint density at radius 1 is 1.09 bits per heavy atom. The number of rotatable bonds is 5. The van der Waals surface area contributed by atoms with Crippen LogP contribution in [-0.2, 0) is 13.6 Å². The van der Waals surface area contributed by atoms with Crippen molar-refractivity contribution < 1.29 is 4.79 Å². The van der Waals surface area contributed by atoms with Crippen LogP contribution in [0, 0.1) is 0 Å². The molecule has 1 fully saturated rings. The smallest absolute Gasteiger partial charge is 0.253 e. The van der Waals surface area contributed by atoms with Crippen molar-refractivity contribution >= 4 is 22.8 Å². The number of nitrogens with zero attached hydrogens (tertiary/aromatic N) is 4. The summed E-state index contributed by atoms with van der Waals surface area (Å²) in [6.07, 6.45) is 1.65. The van der Waals surface area contributed by atoms with E-state index in [2.05, 4.69) is 49.8 Å².